The number of hydrogen-bond donors (Lipinski definition) is 3. The molecule has 0 bridgehead atoms. The Morgan fingerprint density at radius 3 is 1.92 bits per heavy atom. The third-order valence-corrected chi connectivity index (χ3v) is 4.95. The molecule has 10 heteroatoms. The molecule has 2 rings (SSSR count). The lowest BCUT2D eigenvalue weighted by atomic mass is 10.1. The number of nitrogens with one attached hydrogen (secondary N) is 2. The Morgan fingerprint density at radius 2 is 1.39 bits per heavy atom. The SMILES string of the molecule is Cc1ccc(NC(=O)c2ccc(NCCOCCOCCOCCOCCOCCN)cc2C)nc1. The molecule has 0 unspecified atom stereocenters. The first kappa shape index (κ1) is 29.6. The summed E-state index contributed by atoms with van der Waals surface area (Å²) in [4.78, 5) is 16.7. The minimum Gasteiger partial charge on any atom is -0.383 e. The van der Waals surface area contributed by atoms with Crippen molar-refractivity contribution >= 4 is 17.4 Å². The molecule has 0 aliphatic carbocycles. The number of rotatable bonds is 20. The summed E-state index contributed by atoms with van der Waals surface area (Å²) in [5, 5.41) is 6.13. The average molecular weight is 505 g/mol. The molecule has 1 aromatic carbocycles. The van der Waals surface area contributed by atoms with Crippen molar-refractivity contribution < 1.29 is 28.5 Å². The molecule has 200 valence electrons. The molecule has 0 atom stereocenters. The van der Waals surface area contributed by atoms with E-state index in [4.69, 9.17) is 29.4 Å². The molecule has 1 heterocycles. The lowest BCUT2D eigenvalue weighted by Gasteiger charge is -2.11. The quantitative estimate of drug-likeness (QED) is 0.233. The van der Waals surface area contributed by atoms with E-state index in [1.54, 1.807) is 12.3 Å². The molecule has 2 aromatic rings. The van der Waals surface area contributed by atoms with Crippen LogP contribution in [0.2, 0.25) is 0 Å². The molecule has 0 spiro atoms. The number of aromatic nitrogens is 1. The highest BCUT2D eigenvalue weighted by atomic mass is 16.6. The highest BCUT2D eigenvalue weighted by molar-refractivity contribution is 6.05. The Morgan fingerprint density at radius 1 is 0.806 bits per heavy atom. The second-order valence-corrected chi connectivity index (χ2v) is 7.98. The summed E-state index contributed by atoms with van der Waals surface area (Å²) in [7, 11) is 0. The van der Waals surface area contributed by atoms with Crippen LogP contribution in [0.4, 0.5) is 11.5 Å². The summed E-state index contributed by atoms with van der Waals surface area (Å²) in [6, 6.07) is 9.34. The van der Waals surface area contributed by atoms with E-state index >= 15 is 0 Å². The third kappa shape index (κ3) is 12.9. The van der Waals surface area contributed by atoms with Crippen molar-refractivity contribution in [3.8, 4) is 0 Å². The van der Waals surface area contributed by atoms with Gasteiger partial charge in [0.2, 0.25) is 0 Å². The van der Waals surface area contributed by atoms with Crippen LogP contribution >= 0.6 is 0 Å². The van der Waals surface area contributed by atoms with Crippen molar-refractivity contribution in [1.82, 2.24) is 4.98 Å². The molecule has 0 saturated heterocycles. The summed E-state index contributed by atoms with van der Waals surface area (Å²) in [6.07, 6.45) is 1.72. The molecule has 4 N–H and O–H groups in total. The van der Waals surface area contributed by atoms with Crippen LogP contribution in [0.15, 0.2) is 36.5 Å². The largest absolute Gasteiger partial charge is 0.383 e. The molecule has 36 heavy (non-hydrogen) atoms. The highest BCUT2D eigenvalue weighted by Gasteiger charge is 2.10. The summed E-state index contributed by atoms with van der Waals surface area (Å²) in [6.45, 7) is 10.3. The predicted molar refractivity (Wildman–Crippen MR) is 140 cm³/mol. The molecule has 1 amide bonds. The van der Waals surface area contributed by atoms with Crippen molar-refractivity contribution in [3.63, 3.8) is 0 Å². The molecule has 1 aromatic heterocycles. The number of nitrogens with two attached hydrogens (primary N) is 1. The third-order valence-electron chi connectivity index (χ3n) is 4.95. The Bertz CT molecular complexity index is 866. The molecule has 0 aliphatic heterocycles. The zero-order valence-electron chi connectivity index (χ0n) is 21.4. The molecular weight excluding hydrogens is 464 g/mol. The van der Waals surface area contributed by atoms with E-state index in [1.165, 1.54) is 0 Å². The predicted octanol–water partition coefficient (Wildman–Crippen LogP) is 2.40. The first-order chi connectivity index (χ1) is 17.6. The van der Waals surface area contributed by atoms with Gasteiger partial charge in [-0.15, -0.1) is 0 Å². The van der Waals surface area contributed by atoms with Gasteiger partial charge in [0, 0.05) is 30.5 Å². The second kappa shape index (κ2) is 18.6. The molecule has 0 saturated carbocycles. The lowest BCUT2D eigenvalue weighted by molar-refractivity contribution is -0.00985. The van der Waals surface area contributed by atoms with E-state index in [0.717, 1.165) is 16.8 Å². The van der Waals surface area contributed by atoms with Gasteiger partial charge < -0.3 is 40.1 Å². The van der Waals surface area contributed by atoms with Crippen LogP contribution in [-0.2, 0) is 23.7 Å². The zero-order chi connectivity index (χ0) is 25.8. The summed E-state index contributed by atoms with van der Waals surface area (Å²) < 4.78 is 27.1. The Hall–Kier alpha value is -2.60. The van der Waals surface area contributed by atoms with Crippen molar-refractivity contribution in [2.75, 3.05) is 89.8 Å². The number of carbonyl (C=O) groups is 1. The van der Waals surface area contributed by atoms with Crippen LogP contribution in [0.5, 0.6) is 0 Å². The maximum atomic E-state index is 12.5. The fourth-order valence-electron chi connectivity index (χ4n) is 3.09. The van der Waals surface area contributed by atoms with Gasteiger partial charge in [-0.25, -0.2) is 4.98 Å². The van der Waals surface area contributed by atoms with Crippen LogP contribution in [0.25, 0.3) is 0 Å². The van der Waals surface area contributed by atoms with E-state index in [-0.39, 0.29) is 5.91 Å². The molecular formula is C26H40N4O6. The number of hydrogen-bond acceptors (Lipinski definition) is 9. The number of nitrogens with zero attached hydrogens (tertiary/aromatic N) is 1. The standard InChI is InChI=1S/C26H40N4O6/c1-21-3-6-25(29-20-21)30-26(31)24-5-4-23(19-22(24)2)28-8-10-33-12-14-35-16-18-36-17-15-34-13-11-32-9-7-27/h3-6,19-20,28H,7-18,27H2,1-2H3,(H,29,30,31). The number of pyridine rings is 1. The Balaban J connectivity index is 1.46. The van der Waals surface area contributed by atoms with Crippen LogP contribution in [0.3, 0.4) is 0 Å². The van der Waals surface area contributed by atoms with Gasteiger partial charge in [-0.05, 0) is 49.2 Å². The normalized spacial score (nSPS) is 11.0. The zero-order valence-corrected chi connectivity index (χ0v) is 21.4. The summed E-state index contributed by atoms with van der Waals surface area (Å²) in [5.41, 5.74) is 8.79. The van der Waals surface area contributed by atoms with Gasteiger partial charge in [-0.3, -0.25) is 4.79 Å². The molecule has 0 fully saturated rings. The number of benzene rings is 1. The van der Waals surface area contributed by atoms with E-state index in [1.807, 2.05) is 38.1 Å². The number of amides is 1. The van der Waals surface area contributed by atoms with Gasteiger partial charge in [0.05, 0.1) is 66.1 Å². The van der Waals surface area contributed by atoms with Crippen LogP contribution < -0.4 is 16.4 Å². The summed E-state index contributed by atoms with van der Waals surface area (Å²) >= 11 is 0. The van der Waals surface area contributed by atoms with Crippen LogP contribution in [-0.4, -0.2) is 90.0 Å². The minimum absolute atomic E-state index is 0.179. The van der Waals surface area contributed by atoms with Crippen molar-refractivity contribution in [3.05, 3.63) is 53.2 Å². The maximum absolute atomic E-state index is 12.5. The summed E-state index contributed by atoms with van der Waals surface area (Å²) in [5.74, 6) is 0.355. The smallest absolute Gasteiger partial charge is 0.257 e. The minimum atomic E-state index is -0.179. The fourth-order valence-corrected chi connectivity index (χ4v) is 3.09. The number of anilines is 2. The average Bonchev–Trinajstić information content (AvgIpc) is 2.87. The van der Waals surface area contributed by atoms with Crippen molar-refractivity contribution in [2.24, 2.45) is 5.73 Å². The molecule has 10 nitrogen and oxygen atoms in total. The Labute approximate surface area is 213 Å². The van der Waals surface area contributed by atoms with E-state index in [0.29, 0.717) is 90.5 Å². The van der Waals surface area contributed by atoms with E-state index < -0.39 is 0 Å². The number of aryl methyl sites for hydroxylation is 2. The maximum Gasteiger partial charge on any atom is 0.257 e. The van der Waals surface area contributed by atoms with E-state index in [2.05, 4.69) is 15.6 Å². The first-order valence-corrected chi connectivity index (χ1v) is 12.3. The van der Waals surface area contributed by atoms with Gasteiger partial charge in [-0.2, -0.15) is 0 Å². The van der Waals surface area contributed by atoms with Crippen molar-refractivity contribution in [1.29, 1.82) is 0 Å². The van der Waals surface area contributed by atoms with Gasteiger partial charge >= 0.3 is 0 Å². The van der Waals surface area contributed by atoms with Crippen molar-refractivity contribution in [2.45, 2.75) is 13.8 Å². The molecule has 0 radical (unpaired) electrons. The number of ether oxygens (including phenoxy) is 5. The van der Waals surface area contributed by atoms with Gasteiger partial charge in [-0.1, -0.05) is 6.07 Å². The van der Waals surface area contributed by atoms with Crippen LogP contribution in [0.1, 0.15) is 21.5 Å². The van der Waals surface area contributed by atoms with Crippen LogP contribution in [0, 0.1) is 13.8 Å². The van der Waals surface area contributed by atoms with Gasteiger partial charge in [0.1, 0.15) is 5.82 Å². The topological polar surface area (TPSA) is 126 Å². The van der Waals surface area contributed by atoms with Gasteiger partial charge in [0.25, 0.3) is 5.91 Å². The van der Waals surface area contributed by atoms with Gasteiger partial charge in [0.15, 0.2) is 0 Å². The molecule has 0 aliphatic rings. The highest BCUT2D eigenvalue weighted by Crippen LogP contribution is 2.16. The number of carbonyl (C=O) groups excluding carboxylic acids is 1. The first-order valence-electron chi connectivity index (χ1n) is 12.3. The monoisotopic (exact) mass is 504 g/mol. The Kier molecular flexibility index (Phi) is 15.3. The lowest BCUT2D eigenvalue weighted by Crippen LogP contribution is -2.16. The fraction of sp³-hybridized carbons (Fsp3) is 0.538. The van der Waals surface area contributed by atoms with E-state index in [9.17, 15) is 4.79 Å². The second-order valence-electron chi connectivity index (χ2n) is 7.98.